The number of nitrogens with two attached hydrogens (primary N) is 1. The molecule has 3 nitrogen and oxygen atoms in total. The fraction of sp³-hybridized carbons (Fsp3) is 0.714. The van der Waals surface area contributed by atoms with Crippen LogP contribution < -0.4 is 11.3 Å². The van der Waals surface area contributed by atoms with Gasteiger partial charge in [0.1, 0.15) is 0 Å². The van der Waals surface area contributed by atoms with Crippen LogP contribution in [0.2, 0.25) is 0 Å². The van der Waals surface area contributed by atoms with E-state index in [0.717, 1.165) is 12.8 Å². The van der Waals surface area contributed by atoms with Crippen LogP contribution in [-0.2, 0) is 4.74 Å². The van der Waals surface area contributed by atoms with Crippen LogP contribution in [0.15, 0.2) is 11.4 Å². The van der Waals surface area contributed by atoms with Gasteiger partial charge in [-0.05, 0) is 42.7 Å². The smallest absolute Gasteiger partial charge is 0.0888 e. The number of hydrazine groups is 1. The Balaban J connectivity index is 2.28. The second kappa shape index (κ2) is 5.70. The number of hydrogen-bond donors (Lipinski definition) is 2. The van der Waals surface area contributed by atoms with Crippen molar-refractivity contribution in [3.8, 4) is 0 Å². The molecule has 0 aromatic carbocycles. The molecule has 4 heteroatoms. The lowest BCUT2D eigenvalue weighted by Crippen LogP contribution is -2.50. The van der Waals surface area contributed by atoms with E-state index in [9.17, 15) is 0 Å². The third-order valence-electron chi connectivity index (χ3n) is 4.17. The summed E-state index contributed by atoms with van der Waals surface area (Å²) in [6.45, 7) is 4.43. The van der Waals surface area contributed by atoms with E-state index >= 15 is 0 Å². The van der Waals surface area contributed by atoms with Gasteiger partial charge in [-0.2, -0.15) is 0 Å². The van der Waals surface area contributed by atoms with E-state index in [2.05, 4.69) is 30.7 Å². The van der Waals surface area contributed by atoms with Crippen LogP contribution in [0.3, 0.4) is 0 Å². The van der Waals surface area contributed by atoms with Crippen molar-refractivity contribution in [3.63, 3.8) is 0 Å². The third-order valence-corrected chi connectivity index (χ3v) is 5.05. The van der Waals surface area contributed by atoms with Crippen LogP contribution in [-0.4, -0.2) is 12.7 Å². The van der Waals surface area contributed by atoms with Crippen molar-refractivity contribution in [1.29, 1.82) is 0 Å². The van der Waals surface area contributed by atoms with Gasteiger partial charge < -0.3 is 4.74 Å². The van der Waals surface area contributed by atoms with Crippen LogP contribution in [0.25, 0.3) is 0 Å². The van der Waals surface area contributed by atoms with E-state index in [1.54, 1.807) is 11.3 Å². The monoisotopic (exact) mass is 268 g/mol. The first-order chi connectivity index (χ1) is 8.61. The van der Waals surface area contributed by atoms with Crippen LogP contribution in [0, 0.1) is 12.8 Å². The number of hydrogen-bond acceptors (Lipinski definition) is 4. The molecule has 102 valence electrons. The van der Waals surface area contributed by atoms with Gasteiger partial charge in [0.2, 0.25) is 0 Å². The first-order valence-corrected chi connectivity index (χ1v) is 7.55. The summed E-state index contributed by atoms with van der Waals surface area (Å²) in [5, 5.41) is 2.19. The molecule has 1 heterocycles. The van der Waals surface area contributed by atoms with Crippen molar-refractivity contribution in [1.82, 2.24) is 5.43 Å². The Morgan fingerprint density at radius 1 is 1.61 bits per heavy atom. The largest absolute Gasteiger partial charge is 0.376 e. The fourth-order valence-electron chi connectivity index (χ4n) is 3.28. The maximum Gasteiger partial charge on any atom is 0.0888 e. The number of ether oxygens (including phenoxy) is 1. The molecule has 1 aromatic heterocycles. The maximum atomic E-state index is 5.93. The van der Waals surface area contributed by atoms with Gasteiger partial charge in [0.05, 0.1) is 11.6 Å². The van der Waals surface area contributed by atoms with Gasteiger partial charge in [-0.1, -0.05) is 19.8 Å². The zero-order chi connectivity index (χ0) is 13.2. The van der Waals surface area contributed by atoms with Crippen molar-refractivity contribution < 1.29 is 4.74 Å². The molecule has 3 unspecified atom stereocenters. The topological polar surface area (TPSA) is 47.3 Å². The van der Waals surface area contributed by atoms with Crippen molar-refractivity contribution in [3.05, 3.63) is 21.9 Å². The zero-order valence-electron chi connectivity index (χ0n) is 11.5. The van der Waals surface area contributed by atoms with Crippen LogP contribution in [0.1, 0.15) is 49.1 Å². The molecule has 1 fully saturated rings. The highest BCUT2D eigenvalue weighted by atomic mass is 32.1. The molecule has 1 aliphatic rings. The minimum atomic E-state index is -0.153. The van der Waals surface area contributed by atoms with Crippen LogP contribution in [0.5, 0.6) is 0 Å². The quantitative estimate of drug-likeness (QED) is 0.651. The zero-order valence-corrected chi connectivity index (χ0v) is 12.3. The molecule has 2 rings (SSSR count). The molecule has 1 aromatic rings. The molecule has 0 saturated heterocycles. The van der Waals surface area contributed by atoms with Gasteiger partial charge in [0, 0.05) is 12.0 Å². The predicted octanol–water partition coefficient (Wildman–Crippen LogP) is 3.16. The molecule has 1 saturated carbocycles. The summed E-state index contributed by atoms with van der Waals surface area (Å²) in [5.41, 5.74) is 4.10. The fourth-order valence-corrected chi connectivity index (χ4v) is 4.01. The van der Waals surface area contributed by atoms with E-state index in [4.69, 9.17) is 10.6 Å². The first-order valence-electron chi connectivity index (χ1n) is 6.67. The molecule has 0 spiro atoms. The van der Waals surface area contributed by atoms with Gasteiger partial charge in [0.25, 0.3) is 0 Å². The highest BCUT2D eigenvalue weighted by Crippen LogP contribution is 2.43. The number of thiophene rings is 1. The van der Waals surface area contributed by atoms with Gasteiger partial charge in [-0.3, -0.25) is 11.3 Å². The molecule has 0 radical (unpaired) electrons. The highest BCUT2D eigenvalue weighted by molar-refractivity contribution is 7.10. The molecule has 3 N–H and O–H groups in total. The van der Waals surface area contributed by atoms with Crippen molar-refractivity contribution >= 4 is 11.3 Å². The Kier molecular flexibility index (Phi) is 4.43. The second-order valence-corrected chi connectivity index (χ2v) is 6.68. The molecule has 0 bridgehead atoms. The standard InChI is InChI=1S/C14H24N2OS/c1-10-5-4-6-14(8-10,17-3)13(16-15)12-7-11(2)18-9-12/h7,9-10,13,16H,4-6,8,15H2,1-3H3. The Bertz CT molecular complexity index is 393. The Morgan fingerprint density at radius 3 is 2.89 bits per heavy atom. The van der Waals surface area contributed by atoms with Gasteiger partial charge in [-0.25, -0.2) is 0 Å². The van der Waals surface area contributed by atoms with Crippen LogP contribution >= 0.6 is 11.3 Å². The Hall–Kier alpha value is -0.420. The number of methoxy groups -OCH3 is 1. The first kappa shape index (κ1) is 14.0. The minimum Gasteiger partial charge on any atom is -0.376 e. The highest BCUT2D eigenvalue weighted by Gasteiger charge is 2.42. The number of rotatable bonds is 4. The molecular weight excluding hydrogens is 244 g/mol. The Morgan fingerprint density at radius 2 is 2.39 bits per heavy atom. The lowest BCUT2D eigenvalue weighted by Gasteiger charge is -2.44. The van der Waals surface area contributed by atoms with E-state index in [-0.39, 0.29) is 11.6 Å². The van der Waals surface area contributed by atoms with Crippen molar-refractivity contribution in [2.45, 2.75) is 51.2 Å². The molecule has 18 heavy (non-hydrogen) atoms. The molecule has 1 aliphatic carbocycles. The Labute approximate surface area is 114 Å². The maximum absolute atomic E-state index is 5.93. The molecule has 0 aliphatic heterocycles. The van der Waals surface area contributed by atoms with Crippen molar-refractivity contribution in [2.24, 2.45) is 11.8 Å². The van der Waals surface area contributed by atoms with Gasteiger partial charge >= 0.3 is 0 Å². The third kappa shape index (κ3) is 2.62. The lowest BCUT2D eigenvalue weighted by molar-refractivity contribution is -0.0805. The minimum absolute atomic E-state index is 0.0928. The average Bonchev–Trinajstić information content (AvgIpc) is 2.76. The van der Waals surface area contributed by atoms with E-state index < -0.39 is 0 Å². The van der Waals surface area contributed by atoms with Crippen LogP contribution in [0.4, 0.5) is 0 Å². The van der Waals surface area contributed by atoms with Gasteiger partial charge in [-0.15, -0.1) is 11.3 Å². The van der Waals surface area contributed by atoms with E-state index in [1.807, 2.05) is 7.11 Å². The molecule has 3 atom stereocenters. The summed E-state index contributed by atoms with van der Waals surface area (Å²) in [5.74, 6) is 6.53. The summed E-state index contributed by atoms with van der Waals surface area (Å²) in [4.78, 5) is 1.32. The molecular formula is C14H24N2OS. The second-order valence-electron chi connectivity index (χ2n) is 5.56. The predicted molar refractivity (Wildman–Crippen MR) is 76.5 cm³/mol. The lowest BCUT2D eigenvalue weighted by atomic mass is 9.73. The summed E-state index contributed by atoms with van der Waals surface area (Å²) >= 11 is 1.77. The molecule has 0 amide bonds. The number of nitrogens with one attached hydrogen (secondary N) is 1. The van der Waals surface area contributed by atoms with Crippen molar-refractivity contribution in [2.75, 3.05) is 7.11 Å². The normalized spacial score (nSPS) is 30.3. The average molecular weight is 268 g/mol. The summed E-state index contributed by atoms with van der Waals surface area (Å²) < 4.78 is 5.93. The summed E-state index contributed by atoms with van der Waals surface area (Å²) in [7, 11) is 1.82. The SMILES string of the molecule is COC1(C(NN)c2csc(C)c2)CCCC(C)C1. The summed E-state index contributed by atoms with van der Waals surface area (Å²) in [6, 6.07) is 2.31. The number of aryl methyl sites for hydroxylation is 1. The van der Waals surface area contributed by atoms with E-state index in [1.165, 1.54) is 23.3 Å². The van der Waals surface area contributed by atoms with Gasteiger partial charge in [0.15, 0.2) is 0 Å². The summed E-state index contributed by atoms with van der Waals surface area (Å²) in [6.07, 6.45) is 4.67. The van der Waals surface area contributed by atoms with E-state index in [0.29, 0.717) is 5.92 Å².